The summed E-state index contributed by atoms with van der Waals surface area (Å²) in [5.74, 6) is 1.01. The van der Waals surface area contributed by atoms with E-state index in [1.54, 1.807) is 0 Å². The lowest BCUT2D eigenvalue weighted by Gasteiger charge is -2.35. The highest BCUT2D eigenvalue weighted by atomic mass is 15.0. The second-order valence-corrected chi connectivity index (χ2v) is 6.38. The number of rotatable bonds is 3. The molecule has 0 aromatic heterocycles. The van der Waals surface area contributed by atoms with Gasteiger partial charge in [-0.25, -0.2) is 0 Å². The second kappa shape index (κ2) is 5.34. The maximum Gasteiger partial charge on any atom is 0.00898 e. The fraction of sp³-hybridized carbons (Fsp3) is 1.00. The van der Waals surface area contributed by atoms with E-state index in [0.717, 1.165) is 12.0 Å². The van der Waals surface area contributed by atoms with Crippen LogP contribution in [0.4, 0.5) is 0 Å². The zero-order chi connectivity index (χ0) is 11.5. The van der Waals surface area contributed by atoms with Crippen molar-refractivity contribution in [3.05, 3.63) is 0 Å². The van der Waals surface area contributed by atoms with Gasteiger partial charge in [0.15, 0.2) is 0 Å². The molecule has 1 saturated carbocycles. The Balaban J connectivity index is 2.29. The van der Waals surface area contributed by atoms with Crippen LogP contribution in [0.3, 0.4) is 0 Å². The van der Waals surface area contributed by atoms with Crippen LogP contribution in [0.2, 0.25) is 0 Å². The molecule has 0 aromatic rings. The van der Waals surface area contributed by atoms with E-state index in [2.05, 4.69) is 39.9 Å². The zero-order valence-electron chi connectivity index (χ0n) is 11.3. The molecule has 15 heavy (non-hydrogen) atoms. The van der Waals surface area contributed by atoms with Crippen LogP contribution < -0.4 is 5.32 Å². The summed E-state index contributed by atoms with van der Waals surface area (Å²) in [4.78, 5) is 0. The molecule has 1 fully saturated rings. The Morgan fingerprint density at radius 1 is 1.13 bits per heavy atom. The molecule has 0 heterocycles. The summed E-state index contributed by atoms with van der Waals surface area (Å²) in [6.45, 7) is 11.6. The van der Waals surface area contributed by atoms with Gasteiger partial charge in [0.2, 0.25) is 0 Å². The highest BCUT2D eigenvalue weighted by Crippen LogP contribution is 2.28. The Morgan fingerprint density at radius 2 is 1.67 bits per heavy atom. The van der Waals surface area contributed by atoms with Crippen molar-refractivity contribution in [1.82, 2.24) is 5.32 Å². The van der Waals surface area contributed by atoms with Crippen LogP contribution >= 0.6 is 0 Å². The molecule has 1 rings (SSSR count). The third-order valence-electron chi connectivity index (χ3n) is 4.21. The van der Waals surface area contributed by atoms with Crippen molar-refractivity contribution in [3.8, 4) is 0 Å². The first-order valence-electron chi connectivity index (χ1n) is 6.69. The zero-order valence-corrected chi connectivity index (χ0v) is 11.3. The predicted molar refractivity (Wildman–Crippen MR) is 68.1 cm³/mol. The van der Waals surface area contributed by atoms with E-state index in [0.29, 0.717) is 11.5 Å². The minimum absolute atomic E-state index is 0.390. The van der Waals surface area contributed by atoms with Gasteiger partial charge in [-0.1, -0.05) is 34.1 Å². The van der Waals surface area contributed by atoms with Crippen LogP contribution in [-0.4, -0.2) is 12.1 Å². The van der Waals surface area contributed by atoms with Crippen molar-refractivity contribution in [3.63, 3.8) is 0 Å². The molecule has 0 bridgehead atoms. The van der Waals surface area contributed by atoms with Crippen molar-refractivity contribution in [2.45, 2.75) is 78.8 Å². The van der Waals surface area contributed by atoms with Crippen LogP contribution in [0.1, 0.15) is 66.7 Å². The first-order chi connectivity index (χ1) is 6.93. The lowest BCUT2D eigenvalue weighted by atomic mass is 9.82. The van der Waals surface area contributed by atoms with Gasteiger partial charge in [0.05, 0.1) is 0 Å². The Bertz CT molecular complexity index is 172. The normalized spacial score (nSPS) is 30.2. The van der Waals surface area contributed by atoms with Crippen molar-refractivity contribution < 1.29 is 0 Å². The monoisotopic (exact) mass is 211 g/mol. The molecule has 1 atom stereocenters. The molecule has 1 heteroatoms. The molecule has 0 saturated heterocycles. The van der Waals surface area contributed by atoms with Gasteiger partial charge < -0.3 is 5.32 Å². The van der Waals surface area contributed by atoms with Crippen molar-refractivity contribution >= 4 is 0 Å². The molecule has 90 valence electrons. The quantitative estimate of drug-likeness (QED) is 0.744. The summed E-state index contributed by atoms with van der Waals surface area (Å²) >= 11 is 0. The smallest absolute Gasteiger partial charge is 0.00898 e. The Kier molecular flexibility index (Phi) is 4.64. The van der Waals surface area contributed by atoms with Gasteiger partial charge in [-0.2, -0.15) is 0 Å². The Morgan fingerprint density at radius 3 is 2.07 bits per heavy atom. The first-order valence-corrected chi connectivity index (χ1v) is 6.69. The highest BCUT2D eigenvalue weighted by Gasteiger charge is 2.25. The summed E-state index contributed by atoms with van der Waals surface area (Å²) in [7, 11) is 0. The molecular formula is C14H29N. The SMILES string of the molecule is CCC1CCC(NC(C)C(C)(C)C)CC1. The minimum atomic E-state index is 0.390. The molecule has 0 amide bonds. The van der Waals surface area contributed by atoms with E-state index in [4.69, 9.17) is 0 Å². The van der Waals surface area contributed by atoms with E-state index in [-0.39, 0.29) is 0 Å². The van der Waals surface area contributed by atoms with Gasteiger partial charge in [-0.3, -0.25) is 0 Å². The summed E-state index contributed by atoms with van der Waals surface area (Å²) in [5.41, 5.74) is 0.390. The van der Waals surface area contributed by atoms with E-state index < -0.39 is 0 Å². The van der Waals surface area contributed by atoms with E-state index in [1.807, 2.05) is 0 Å². The van der Waals surface area contributed by atoms with Gasteiger partial charge in [0.1, 0.15) is 0 Å². The van der Waals surface area contributed by atoms with Crippen LogP contribution in [0.25, 0.3) is 0 Å². The Hall–Kier alpha value is -0.0400. The molecule has 1 N–H and O–H groups in total. The summed E-state index contributed by atoms with van der Waals surface area (Å²) in [6.07, 6.45) is 7.02. The molecular weight excluding hydrogens is 182 g/mol. The third kappa shape index (κ3) is 4.14. The largest absolute Gasteiger partial charge is 0.311 e. The van der Waals surface area contributed by atoms with E-state index >= 15 is 0 Å². The summed E-state index contributed by atoms with van der Waals surface area (Å²) in [6, 6.07) is 1.41. The molecule has 0 spiro atoms. The average molecular weight is 211 g/mol. The van der Waals surface area contributed by atoms with Crippen molar-refractivity contribution in [2.75, 3.05) is 0 Å². The topological polar surface area (TPSA) is 12.0 Å². The number of nitrogens with one attached hydrogen (secondary N) is 1. The second-order valence-electron chi connectivity index (χ2n) is 6.38. The van der Waals surface area contributed by atoms with Crippen LogP contribution in [0.15, 0.2) is 0 Å². The molecule has 0 aliphatic heterocycles. The van der Waals surface area contributed by atoms with Gasteiger partial charge >= 0.3 is 0 Å². The lowest BCUT2D eigenvalue weighted by molar-refractivity contribution is 0.215. The molecule has 0 aromatic carbocycles. The lowest BCUT2D eigenvalue weighted by Crippen LogP contribution is -2.45. The van der Waals surface area contributed by atoms with Gasteiger partial charge in [-0.15, -0.1) is 0 Å². The molecule has 1 nitrogen and oxygen atoms in total. The van der Waals surface area contributed by atoms with E-state index in [1.165, 1.54) is 32.1 Å². The minimum Gasteiger partial charge on any atom is -0.311 e. The highest BCUT2D eigenvalue weighted by molar-refractivity contribution is 4.83. The maximum atomic E-state index is 3.80. The van der Waals surface area contributed by atoms with Gasteiger partial charge in [0.25, 0.3) is 0 Å². The predicted octanol–water partition coefficient (Wildman–Crippen LogP) is 3.98. The van der Waals surface area contributed by atoms with Crippen LogP contribution in [0, 0.1) is 11.3 Å². The van der Waals surface area contributed by atoms with E-state index in [9.17, 15) is 0 Å². The molecule has 0 radical (unpaired) electrons. The van der Waals surface area contributed by atoms with Crippen LogP contribution in [0.5, 0.6) is 0 Å². The summed E-state index contributed by atoms with van der Waals surface area (Å²) in [5, 5.41) is 3.80. The average Bonchev–Trinajstić information content (AvgIpc) is 2.17. The summed E-state index contributed by atoms with van der Waals surface area (Å²) < 4.78 is 0. The third-order valence-corrected chi connectivity index (χ3v) is 4.21. The van der Waals surface area contributed by atoms with Crippen LogP contribution in [-0.2, 0) is 0 Å². The fourth-order valence-corrected chi connectivity index (χ4v) is 2.34. The number of hydrogen-bond acceptors (Lipinski definition) is 1. The van der Waals surface area contributed by atoms with Crippen molar-refractivity contribution in [2.24, 2.45) is 11.3 Å². The molecule has 1 unspecified atom stereocenters. The van der Waals surface area contributed by atoms with Gasteiger partial charge in [-0.05, 0) is 43.9 Å². The maximum absolute atomic E-state index is 3.80. The fourth-order valence-electron chi connectivity index (χ4n) is 2.34. The first kappa shape index (κ1) is 13.0. The molecule has 1 aliphatic carbocycles. The van der Waals surface area contributed by atoms with Gasteiger partial charge in [0, 0.05) is 12.1 Å². The Labute approximate surface area is 96.0 Å². The number of hydrogen-bond donors (Lipinski definition) is 1. The van der Waals surface area contributed by atoms with Crippen molar-refractivity contribution in [1.29, 1.82) is 0 Å². The standard InChI is InChI=1S/C14H29N/c1-6-12-7-9-13(10-8-12)15-11(2)14(3,4)5/h11-13,15H,6-10H2,1-5H3. The molecule has 1 aliphatic rings.